The first-order chi connectivity index (χ1) is 15.3. The van der Waals surface area contributed by atoms with Crippen LogP contribution in [-0.4, -0.2) is 41.9 Å². The molecule has 0 saturated carbocycles. The minimum atomic E-state index is -1.17. The van der Waals surface area contributed by atoms with Gasteiger partial charge in [-0.15, -0.1) is 11.3 Å². The maximum Gasteiger partial charge on any atom is 0.335 e. The maximum atomic E-state index is 12.8. The van der Waals surface area contributed by atoms with Crippen molar-refractivity contribution in [1.82, 2.24) is 0 Å². The molecule has 0 fully saturated rings. The molecular formula is C22H17N3O6S. The molecule has 1 aromatic heterocycles. The zero-order valence-corrected chi connectivity index (χ0v) is 17.3. The predicted molar refractivity (Wildman–Crippen MR) is 118 cm³/mol. The number of primary amides is 1. The van der Waals surface area contributed by atoms with E-state index in [1.807, 2.05) is 30.3 Å². The molecule has 0 aliphatic carbocycles. The summed E-state index contributed by atoms with van der Waals surface area (Å²) in [6, 6.07) is 15.0. The van der Waals surface area contributed by atoms with Crippen molar-refractivity contribution in [2.75, 3.05) is 23.4 Å². The Hall–Kier alpha value is -4.18. The zero-order valence-electron chi connectivity index (χ0n) is 16.5. The summed E-state index contributed by atoms with van der Waals surface area (Å²) in [4.78, 5) is 50.2. The van der Waals surface area contributed by atoms with Crippen molar-refractivity contribution in [3.05, 3.63) is 65.7 Å². The van der Waals surface area contributed by atoms with Crippen LogP contribution in [0.4, 0.5) is 10.7 Å². The molecule has 0 bridgehead atoms. The quantitative estimate of drug-likeness (QED) is 0.526. The molecule has 2 heterocycles. The molecule has 0 saturated heterocycles. The van der Waals surface area contributed by atoms with Gasteiger partial charge >= 0.3 is 5.97 Å². The van der Waals surface area contributed by atoms with Gasteiger partial charge in [-0.3, -0.25) is 19.3 Å². The Bertz CT molecular complexity index is 1240. The molecule has 3 aromatic rings. The van der Waals surface area contributed by atoms with Crippen LogP contribution in [0, 0.1) is 0 Å². The number of nitrogens with zero attached hydrogens (tertiary/aromatic N) is 1. The molecule has 32 heavy (non-hydrogen) atoms. The van der Waals surface area contributed by atoms with Crippen LogP contribution in [0.5, 0.6) is 5.75 Å². The number of carbonyl (C=O) groups excluding carboxylic acids is 3. The summed E-state index contributed by atoms with van der Waals surface area (Å²) >= 11 is 1.19. The first-order valence-corrected chi connectivity index (χ1v) is 10.2. The molecule has 4 N–H and O–H groups in total. The lowest BCUT2D eigenvalue weighted by Crippen LogP contribution is -2.43. The topological polar surface area (TPSA) is 139 Å². The first-order valence-electron chi connectivity index (χ1n) is 9.43. The van der Waals surface area contributed by atoms with E-state index < -0.39 is 30.2 Å². The third kappa shape index (κ3) is 4.16. The van der Waals surface area contributed by atoms with Crippen LogP contribution in [0.25, 0.3) is 10.4 Å². The molecule has 9 nitrogen and oxygen atoms in total. The SMILES string of the molecule is NC(=O)c1cc(-c2ccccc2)sc1NC(=O)CN1C(=O)COc2ccc(C(=O)O)cc21. The summed E-state index contributed by atoms with van der Waals surface area (Å²) < 4.78 is 5.33. The number of fused-ring (bicyclic) bond motifs is 1. The maximum absolute atomic E-state index is 12.8. The lowest BCUT2D eigenvalue weighted by atomic mass is 10.1. The minimum absolute atomic E-state index is 0.0470. The number of carboxylic acid groups (broad SMARTS) is 1. The minimum Gasteiger partial charge on any atom is -0.482 e. The van der Waals surface area contributed by atoms with E-state index in [0.717, 1.165) is 15.3 Å². The second-order valence-electron chi connectivity index (χ2n) is 6.89. The van der Waals surface area contributed by atoms with Crippen LogP contribution in [0.2, 0.25) is 0 Å². The zero-order chi connectivity index (χ0) is 22.8. The Labute approximate surface area is 186 Å². The second-order valence-corrected chi connectivity index (χ2v) is 7.94. The molecule has 0 spiro atoms. The molecule has 0 unspecified atom stereocenters. The van der Waals surface area contributed by atoms with E-state index in [0.29, 0.717) is 5.75 Å². The Morgan fingerprint density at radius 3 is 2.56 bits per heavy atom. The van der Waals surface area contributed by atoms with E-state index in [1.165, 1.54) is 29.5 Å². The number of rotatable bonds is 6. The van der Waals surface area contributed by atoms with Gasteiger partial charge < -0.3 is 20.9 Å². The van der Waals surface area contributed by atoms with Crippen LogP contribution < -0.4 is 20.7 Å². The lowest BCUT2D eigenvalue weighted by molar-refractivity contribution is -0.123. The fourth-order valence-electron chi connectivity index (χ4n) is 3.23. The van der Waals surface area contributed by atoms with E-state index in [1.54, 1.807) is 6.07 Å². The molecule has 1 aliphatic heterocycles. The monoisotopic (exact) mass is 451 g/mol. The van der Waals surface area contributed by atoms with Crippen LogP contribution in [0.15, 0.2) is 54.6 Å². The van der Waals surface area contributed by atoms with Gasteiger partial charge in [-0.2, -0.15) is 0 Å². The Morgan fingerprint density at radius 2 is 1.88 bits per heavy atom. The van der Waals surface area contributed by atoms with Gasteiger partial charge in [0.1, 0.15) is 17.3 Å². The molecule has 4 rings (SSSR count). The predicted octanol–water partition coefficient (Wildman–Crippen LogP) is 2.58. The highest BCUT2D eigenvalue weighted by atomic mass is 32.1. The number of hydrogen-bond donors (Lipinski definition) is 3. The highest BCUT2D eigenvalue weighted by Crippen LogP contribution is 2.36. The van der Waals surface area contributed by atoms with E-state index in [4.69, 9.17) is 10.5 Å². The Morgan fingerprint density at radius 1 is 1.12 bits per heavy atom. The van der Waals surface area contributed by atoms with Crippen molar-refractivity contribution in [3.8, 4) is 16.2 Å². The van der Waals surface area contributed by atoms with Crippen LogP contribution >= 0.6 is 11.3 Å². The van der Waals surface area contributed by atoms with Gasteiger partial charge in [0.2, 0.25) is 5.91 Å². The number of nitrogens with one attached hydrogen (secondary N) is 1. The van der Waals surface area contributed by atoms with Crippen molar-refractivity contribution in [2.24, 2.45) is 5.73 Å². The average Bonchev–Trinajstić information content (AvgIpc) is 3.20. The summed E-state index contributed by atoms with van der Waals surface area (Å²) in [7, 11) is 0. The summed E-state index contributed by atoms with van der Waals surface area (Å²) in [5.41, 5.74) is 6.63. The van der Waals surface area contributed by atoms with Gasteiger partial charge in [0.05, 0.1) is 16.8 Å². The number of thiophene rings is 1. The van der Waals surface area contributed by atoms with Crippen LogP contribution in [0.1, 0.15) is 20.7 Å². The van der Waals surface area contributed by atoms with E-state index in [9.17, 15) is 24.3 Å². The number of aromatic carboxylic acids is 1. The van der Waals surface area contributed by atoms with E-state index in [2.05, 4.69) is 5.32 Å². The molecule has 2 aromatic carbocycles. The fraction of sp³-hybridized carbons (Fsp3) is 0.0909. The third-order valence-electron chi connectivity index (χ3n) is 4.76. The van der Waals surface area contributed by atoms with Crippen LogP contribution in [-0.2, 0) is 9.59 Å². The highest BCUT2D eigenvalue weighted by Gasteiger charge is 2.29. The largest absolute Gasteiger partial charge is 0.482 e. The Balaban J connectivity index is 1.59. The third-order valence-corrected chi connectivity index (χ3v) is 5.86. The highest BCUT2D eigenvalue weighted by molar-refractivity contribution is 7.20. The van der Waals surface area contributed by atoms with E-state index >= 15 is 0 Å². The van der Waals surface area contributed by atoms with Crippen molar-refractivity contribution in [2.45, 2.75) is 0 Å². The number of nitrogens with two attached hydrogens (primary N) is 1. The van der Waals surface area contributed by atoms with Crippen molar-refractivity contribution in [3.63, 3.8) is 0 Å². The summed E-state index contributed by atoms with van der Waals surface area (Å²) in [5, 5.41) is 12.1. The van der Waals surface area contributed by atoms with Gasteiger partial charge in [0.25, 0.3) is 11.8 Å². The number of anilines is 2. The lowest BCUT2D eigenvalue weighted by Gasteiger charge is -2.29. The van der Waals surface area contributed by atoms with E-state index in [-0.39, 0.29) is 28.4 Å². The summed E-state index contributed by atoms with van der Waals surface area (Å²) in [6.45, 7) is -0.675. The van der Waals surface area contributed by atoms with Crippen molar-refractivity contribution < 1.29 is 29.0 Å². The molecule has 0 radical (unpaired) electrons. The van der Waals surface area contributed by atoms with Crippen LogP contribution in [0.3, 0.4) is 0 Å². The van der Waals surface area contributed by atoms with Gasteiger partial charge in [-0.1, -0.05) is 30.3 Å². The number of benzene rings is 2. The van der Waals surface area contributed by atoms with Gasteiger partial charge in [-0.05, 0) is 29.8 Å². The number of ether oxygens (including phenoxy) is 1. The number of carboxylic acids is 1. The fourth-order valence-corrected chi connectivity index (χ4v) is 4.31. The number of hydrogen-bond acceptors (Lipinski definition) is 6. The molecule has 1 aliphatic rings. The smallest absolute Gasteiger partial charge is 0.335 e. The van der Waals surface area contributed by atoms with Crippen molar-refractivity contribution in [1.29, 1.82) is 0 Å². The molecule has 162 valence electrons. The molecular weight excluding hydrogens is 434 g/mol. The molecule has 0 atom stereocenters. The molecule has 3 amide bonds. The van der Waals surface area contributed by atoms with Gasteiger partial charge in [0.15, 0.2) is 6.61 Å². The van der Waals surface area contributed by atoms with Gasteiger partial charge in [-0.25, -0.2) is 4.79 Å². The average molecular weight is 451 g/mol. The second kappa shape index (κ2) is 8.52. The van der Waals surface area contributed by atoms with Crippen molar-refractivity contribution >= 4 is 45.7 Å². The number of carbonyl (C=O) groups is 4. The molecule has 10 heteroatoms. The van der Waals surface area contributed by atoms with Gasteiger partial charge in [0, 0.05) is 4.88 Å². The summed E-state index contributed by atoms with van der Waals surface area (Å²) in [5.74, 6) is -2.65. The number of amides is 3. The Kier molecular flexibility index (Phi) is 5.61. The first kappa shape index (κ1) is 21.1. The summed E-state index contributed by atoms with van der Waals surface area (Å²) in [6.07, 6.45) is 0. The normalized spacial score (nSPS) is 12.6. The standard InChI is InChI=1S/C22H17N3O6S/c23-20(28)14-9-17(12-4-2-1-3-5-12)32-21(14)24-18(26)10-25-15-8-13(22(29)30)6-7-16(15)31-11-19(25)27/h1-9H,10-11H2,(H2,23,28)(H,24,26)(H,29,30).